The van der Waals surface area contributed by atoms with Gasteiger partial charge >= 0.3 is 0 Å². The zero-order valence-corrected chi connectivity index (χ0v) is 17.6. The van der Waals surface area contributed by atoms with Crippen LogP contribution in [0.1, 0.15) is 30.5 Å². The largest absolute Gasteiger partial charge is 0.464 e. The number of nitrogens with zero attached hydrogens (tertiary/aromatic N) is 1. The molecule has 1 heterocycles. The summed E-state index contributed by atoms with van der Waals surface area (Å²) in [5.41, 5.74) is 4.56. The molecule has 0 atom stereocenters. The number of benzene rings is 2. The molecule has 0 aliphatic carbocycles. The van der Waals surface area contributed by atoms with Gasteiger partial charge in [-0.1, -0.05) is 12.1 Å². The summed E-state index contributed by atoms with van der Waals surface area (Å²) in [6, 6.07) is 10.4. The van der Waals surface area contributed by atoms with Gasteiger partial charge in [0.05, 0.1) is 17.6 Å². The highest BCUT2D eigenvalue weighted by Crippen LogP contribution is 2.28. The first-order chi connectivity index (χ1) is 13.1. The highest BCUT2D eigenvalue weighted by Gasteiger charge is 2.22. The zero-order valence-electron chi connectivity index (χ0n) is 16.8. The number of sulfone groups is 1. The maximum atomic E-state index is 13.1. The second-order valence-electron chi connectivity index (χ2n) is 7.45. The predicted octanol–water partition coefficient (Wildman–Crippen LogP) is 4.44. The maximum Gasteiger partial charge on any atom is 0.231 e. The minimum Gasteiger partial charge on any atom is -0.464 e. The van der Waals surface area contributed by atoms with Crippen molar-refractivity contribution in [1.29, 1.82) is 0 Å². The monoisotopic (exact) mass is 399 g/mol. The first kappa shape index (κ1) is 20.1. The number of amides is 1. The summed E-state index contributed by atoms with van der Waals surface area (Å²) >= 11 is 0. The summed E-state index contributed by atoms with van der Waals surface area (Å²) in [7, 11) is -3.27. The summed E-state index contributed by atoms with van der Waals surface area (Å²) < 4.78 is 29.1. The fourth-order valence-electron chi connectivity index (χ4n) is 3.36. The van der Waals surface area contributed by atoms with Crippen LogP contribution < -0.4 is 4.90 Å². The fourth-order valence-corrected chi connectivity index (χ4v) is 3.99. The van der Waals surface area contributed by atoms with E-state index in [0.717, 1.165) is 27.7 Å². The lowest BCUT2D eigenvalue weighted by atomic mass is 10.0. The van der Waals surface area contributed by atoms with E-state index in [0.29, 0.717) is 5.69 Å². The molecule has 1 amide bonds. The number of furan rings is 1. The van der Waals surface area contributed by atoms with Crippen LogP contribution in [0.2, 0.25) is 0 Å². The van der Waals surface area contributed by atoms with Crippen molar-refractivity contribution >= 4 is 32.4 Å². The van der Waals surface area contributed by atoms with Gasteiger partial charge in [0.25, 0.3) is 0 Å². The van der Waals surface area contributed by atoms with Crippen LogP contribution in [0, 0.1) is 13.8 Å². The van der Waals surface area contributed by atoms with Gasteiger partial charge in [0.15, 0.2) is 9.84 Å². The van der Waals surface area contributed by atoms with Crippen molar-refractivity contribution in [2.75, 3.05) is 11.2 Å². The van der Waals surface area contributed by atoms with E-state index in [-0.39, 0.29) is 23.3 Å². The third kappa shape index (κ3) is 3.83. The van der Waals surface area contributed by atoms with Crippen LogP contribution in [0.15, 0.2) is 52.0 Å². The van der Waals surface area contributed by atoms with Crippen LogP contribution in [0.4, 0.5) is 5.69 Å². The summed E-state index contributed by atoms with van der Waals surface area (Å²) in [6.45, 7) is 7.91. The molecule has 3 rings (SSSR count). The standard InChI is InChI=1S/C22H25NO4S/c1-14(2)23(18-7-9-19(10-8-18)28(5,25)26)21(24)12-17-13-27-22-16(4)15(3)6-11-20(17)22/h6-11,13-14H,12H2,1-5H3. The Bertz CT molecular complexity index is 1130. The Kier molecular flexibility index (Phi) is 5.35. The van der Waals surface area contributed by atoms with Gasteiger partial charge in [0, 0.05) is 28.9 Å². The number of anilines is 1. The predicted molar refractivity (Wildman–Crippen MR) is 112 cm³/mol. The second kappa shape index (κ2) is 7.43. The molecule has 28 heavy (non-hydrogen) atoms. The van der Waals surface area contributed by atoms with E-state index in [1.165, 1.54) is 18.4 Å². The van der Waals surface area contributed by atoms with Crippen molar-refractivity contribution in [1.82, 2.24) is 0 Å². The first-order valence-corrected chi connectivity index (χ1v) is 11.1. The van der Waals surface area contributed by atoms with Gasteiger partial charge in [-0.25, -0.2) is 8.42 Å². The van der Waals surface area contributed by atoms with Crippen LogP contribution in [-0.4, -0.2) is 26.6 Å². The van der Waals surface area contributed by atoms with Crippen molar-refractivity contribution in [2.24, 2.45) is 0 Å². The summed E-state index contributed by atoms with van der Waals surface area (Å²) in [4.78, 5) is 15.0. The molecule has 1 aromatic heterocycles. The molecule has 0 fully saturated rings. The quantitative estimate of drug-likeness (QED) is 0.636. The van der Waals surface area contributed by atoms with Gasteiger partial charge in [-0.05, 0) is 63.1 Å². The lowest BCUT2D eigenvalue weighted by molar-refractivity contribution is -0.118. The Morgan fingerprint density at radius 3 is 2.29 bits per heavy atom. The zero-order chi connectivity index (χ0) is 20.6. The highest BCUT2D eigenvalue weighted by molar-refractivity contribution is 7.90. The van der Waals surface area contributed by atoms with Crippen LogP contribution in [0.3, 0.4) is 0 Å². The van der Waals surface area contributed by atoms with Crippen LogP contribution in [0.25, 0.3) is 11.0 Å². The van der Waals surface area contributed by atoms with Crippen LogP contribution >= 0.6 is 0 Å². The minimum atomic E-state index is -3.27. The lowest BCUT2D eigenvalue weighted by Gasteiger charge is -2.27. The first-order valence-electron chi connectivity index (χ1n) is 9.18. The van der Waals surface area contributed by atoms with Gasteiger partial charge in [0.2, 0.25) is 5.91 Å². The molecule has 3 aromatic rings. The third-order valence-electron chi connectivity index (χ3n) is 5.01. The number of hydrogen-bond acceptors (Lipinski definition) is 4. The van der Waals surface area contributed by atoms with Crippen molar-refractivity contribution in [2.45, 2.75) is 45.1 Å². The molecule has 0 radical (unpaired) electrons. The van der Waals surface area contributed by atoms with Gasteiger partial charge in [-0.15, -0.1) is 0 Å². The number of carbonyl (C=O) groups excluding carboxylic acids is 1. The van der Waals surface area contributed by atoms with Crippen molar-refractivity contribution in [3.05, 3.63) is 59.4 Å². The molecule has 0 N–H and O–H groups in total. The Balaban J connectivity index is 1.91. The van der Waals surface area contributed by atoms with Crippen molar-refractivity contribution in [3.8, 4) is 0 Å². The number of rotatable bonds is 5. The molecule has 148 valence electrons. The number of fused-ring (bicyclic) bond motifs is 1. The highest BCUT2D eigenvalue weighted by atomic mass is 32.2. The molecule has 0 unspecified atom stereocenters. The van der Waals surface area contributed by atoms with Gasteiger partial charge in [-0.3, -0.25) is 4.79 Å². The molecular weight excluding hydrogens is 374 g/mol. The molecule has 0 spiro atoms. The summed E-state index contributed by atoms with van der Waals surface area (Å²) in [5.74, 6) is -0.0666. The Morgan fingerprint density at radius 1 is 1.07 bits per heavy atom. The molecule has 0 aliphatic heterocycles. The topological polar surface area (TPSA) is 67.6 Å². The van der Waals surface area contributed by atoms with E-state index in [1.807, 2.05) is 39.8 Å². The van der Waals surface area contributed by atoms with Gasteiger partial charge in [-0.2, -0.15) is 0 Å². The van der Waals surface area contributed by atoms with E-state index < -0.39 is 9.84 Å². The summed E-state index contributed by atoms with van der Waals surface area (Å²) in [5, 5.41) is 0.951. The van der Waals surface area contributed by atoms with Gasteiger partial charge in [0.1, 0.15) is 5.58 Å². The van der Waals surface area contributed by atoms with E-state index in [1.54, 1.807) is 23.3 Å². The average molecular weight is 400 g/mol. The molecule has 0 aliphatic rings. The van der Waals surface area contributed by atoms with Crippen molar-refractivity contribution < 1.29 is 17.6 Å². The fraction of sp³-hybridized carbons (Fsp3) is 0.318. The molecule has 0 saturated carbocycles. The SMILES string of the molecule is Cc1ccc2c(CC(=O)N(c3ccc(S(C)(=O)=O)cc3)C(C)C)coc2c1C. The van der Waals surface area contributed by atoms with E-state index in [2.05, 4.69) is 0 Å². The van der Waals surface area contributed by atoms with E-state index >= 15 is 0 Å². The van der Waals surface area contributed by atoms with Gasteiger partial charge < -0.3 is 9.32 Å². The average Bonchev–Trinajstić information content (AvgIpc) is 3.01. The number of carbonyl (C=O) groups is 1. The summed E-state index contributed by atoms with van der Waals surface area (Å²) in [6.07, 6.45) is 3.03. The lowest BCUT2D eigenvalue weighted by Crippen LogP contribution is -2.38. The second-order valence-corrected chi connectivity index (χ2v) is 9.46. The molecule has 0 bridgehead atoms. The number of aryl methyl sites for hydroxylation is 2. The Morgan fingerprint density at radius 2 is 1.71 bits per heavy atom. The van der Waals surface area contributed by atoms with Crippen molar-refractivity contribution in [3.63, 3.8) is 0 Å². The Labute approximate surface area is 165 Å². The smallest absolute Gasteiger partial charge is 0.231 e. The minimum absolute atomic E-state index is 0.0666. The molecule has 6 heteroatoms. The van der Waals surface area contributed by atoms with E-state index in [9.17, 15) is 13.2 Å². The van der Waals surface area contributed by atoms with E-state index in [4.69, 9.17) is 4.42 Å². The normalized spacial score (nSPS) is 11.9. The number of hydrogen-bond donors (Lipinski definition) is 0. The Hall–Kier alpha value is -2.60. The van der Waals surface area contributed by atoms with Crippen LogP contribution in [0.5, 0.6) is 0 Å². The van der Waals surface area contributed by atoms with Crippen LogP contribution in [-0.2, 0) is 21.1 Å². The molecule has 2 aromatic carbocycles. The third-order valence-corrected chi connectivity index (χ3v) is 6.14. The molecule has 5 nitrogen and oxygen atoms in total. The molecular formula is C22H25NO4S. The maximum absolute atomic E-state index is 13.1. The molecule has 0 saturated heterocycles.